The van der Waals surface area contributed by atoms with Crippen LogP contribution in [0.2, 0.25) is 0 Å². The maximum Gasteiger partial charge on any atom is 0.306 e. The summed E-state index contributed by atoms with van der Waals surface area (Å²) in [6.07, 6.45) is 0.265. The highest BCUT2D eigenvalue weighted by atomic mass is 127. The molecule has 0 amide bonds. The minimum Gasteiger partial charge on any atom is -0.496 e. The largest absolute Gasteiger partial charge is 0.496 e. The number of methoxy groups -OCH3 is 1. The molecule has 0 saturated heterocycles. The molecule has 0 aliphatic rings. The van der Waals surface area contributed by atoms with Gasteiger partial charge in [-0.05, 0) is 66.9 Å². The summed E-state index contributed by atoms with van der Waals surface area (Å²) in [4.78, 5) is 24.7. The molecule has 0 atom stereocenters. The van der Waals surface area contributed by atoms with Crippen LogP contribution in [0.15, 0.2) is 18.2 Å². The molecule has 0 bridgehead atoms. The maximum absolute atomic E-state index is 12.3. The number of hydrogen-bond donors (Lipinski definition) is 0. The fourth-order valence-electron chi connectivity index (χ4n) is 2.07. The van der Waals surface area contributed by atoms with Crippen LogP contribution in [0.3, 0.4) is 0 Å². The van der Waals surface area contributed by atoms with Crippen LogP contribution in [0.4, 0.5) is 0 Å². The Labute approximate surface area is 153 Å². The third-order valence-corrected chi connectivity index (χ3v) is 5.02. The molecule has 0 unspecified atom stereocenters. The van der Waals surface area contributed by atoms with Crippen molar-refractivity contribution in [2.45, 2.75) is 39.2 Å². The number of carbonyl (C=O) groups excluding carboxylic acids is 2. The summed E-state index contributed by atoms with van der Waals surface area (Å²) in [5, 5.41) is 1.01. The van der Waals surface area contributed by atoms with E-state index in [1.54, 1.807) is 7.11 Å². The van der Waals surface area contributed by atoms with Crippen molar-refractivity contribution < 1.29 is 19.1 Å². The topological polar surface area (TPSA) is 52.6 Å². The molecule has 0 fully saturated rings. The number of benzene rings is 1. The van der Waals surface area contributed by atoms with Gasteiger partial charge in [-0.1, -0.05) is 0 Å². The third-order valence-electron chi connectivity index (χ3n) is 3.04. The number of ketones is 1. The third kappa shape index (κ3) is 4.91. The van der Waals surface area contributed by atoms with Gasteiger partial charge in [0, 0.05) is 11.1 Å². The van der Waals surface area contributed by atoms with Gasteiger partial charge >= 0.3 is 5.97 Å². The first-order valence-corrected chi connectivity index (χ1v) is 9.11. The average molecular weight is 446 g/mol. The number of thiophene rings is 1. The Kier molecular flexibility index (Phi) is 5.67. The van der Waals surface area contributed by atoms with Crippen LogP contribution in [0, 0.1) is 3.57 Å². The van der Waals surface area contributed by atoms with Gasteiger partial charge in [-0.15, -0.1) is 11.3 Å². The van der Waals surface area contributed by atoms with Crippen molar-refractivity contribution in [2.24, 2.45) is 0 Å². The molecule has 0 radical (unpaired) electrons. The normalized spacial score (nSPS) is 11.5. The molecule has 4 nitrogen and oxygen atoms in total. The van der Waals surface area contributed by atoms with Crippen LogP contribution in [0.5, 0.6) is 5.75 Å². The minimum atomic E-state index is -0.523. The van der Waals surface area contributed by atoms with Gasteiger partial charge in [-0.3, -0.25) is 9.59 Å². The lowest BCUT2D eigenvalue weighted by Crippen LogP contribution is -2.24. The molecule has 0 aliphatic heterocycles. The van der Waals surface area contributed by atoms with E-state index in [0.717, 1.165) is 19.4 Å². The second-order valence-electron chi connectivity index (χ2n) is 6.14. The van der Waals surface area contributed by atoms with Crippen LogP contribution >= 0.6 is 33.9 Å². The quantitative estimate of drug-likeness (QED) is 0.376. The van der Waals surface area contributed by atoms with Gasteiger partial charge in [0.25, 0.3) is 0 Å². The Hall–Kier alpha value is -1.15. The second kappa shape index (κ2) is 7.17. The Morgan fingerprint density at radius 1 is 1.17 bits per heavy atom. The Morgan fingerprint density at radius 3 is 2.48 bits per heavy atom. The molecule has 124 valence electrons. The van der Waals surface area contributed by atoms with Crippen LogP contribution in [0.1, 0.15) is 43.3 Å². The molecule has 23 heavy (non-hydrogen) atoms. The second-order valence-corrected chi connectivity index (χ2v) is 8.39. The molecule has 1 aromatic heterocycles. The highest BCUT2D eigenvalue weighted by Crippen LogP contribution is 2.33. The van der Waals surface area contributed by atoms with Gasteiger partial charge < -0.3 is 9.47 Å². The number of halogens is 1. The number of carbonyl (C=O) groups is 2. The summed E-state index contributed by atoms with van der Waals surface area (Å²) in [6.45, 7) is 5.44. The zero-order valence-corrected chi connectivity index (χ0v) is 16.5. The Bertz CT molecular complexity index is 743. The molecule has 0 spiro atoms. The van der Waals surface area contributed by atoms with Crippen molar-refractivity contribution in [2.75, 3.05) is 7.11 Å². The predicted octanol–water partition coefficient (Wildman–Crippen LogP) is 4.82. The first-order chi connectivity index (χ1) is 10.7. The molecule has 2 aromatic rings. The van der Waals surface area contributed by atoms with E-state index in [2.05, 4.69) is 22.6 Å². The first-order valence-electron chi connectivity index (χ1n) is 7.22. The molecular formula is C17H19IO4S. The SMILES string of the molecule is COc1cc2sc(C(=O)CCC(=O)OC(C)(C)C)cc2cc1I. The molecule has 0 saturated carbocycles. The van der Waals surface area contributed by atoms with E-state index >= 15 is 0 Å². The maximum atomic E-state index is 12.3. The van der Waals surface area contributed by atoms with E-state index < -0.39 is 5.60 Å². The van der Waals surface area contributed by atoms with E-state index in [0.29, 0.717) is 4.88 Å². The fraction of sp³-hybridized carbons (Fsp3) is 0.412. The van der Waals surface area contributed by atoms with E-state index in [1.165, 1.54) is 11.3 Å². The van der Waals surface area contributed by atoms with Gasteiger partial charge in [0.2, 0.25) is 0 Å². The van der Waals surface area contributed by atoms with E-state index in [4.69, 9.17) is 9.47 Å². The van der Waals surface area contributed by atoms with Crippen LogP contribution in [-0.4, -0.2) is 24.5 Å². The molecule has 6 heteroatoms. The van der Waals surface area contributed by atoms with Gasteiger partial charge in [-0.2, -0.15) is 0 Å². The highest BCUT2D eigenvalue weighted by molar-refractivity contribution is 14.1. The van der Waals surface area contributed by atoms with Crippen molar-refractivity contribution in [1.82, 2.24) is 0 Å². The van der Waals surface area contributed by atoms with Gasteiger partial charge in [0.05, 0.1) is 22.0 Å². The number of ether oxygens (including phenoxy) is 2. The van der Waals surface area contributed by atoms with Crippen LogP contribution in [0.25, 0.3) is 10.1 Å². The predicted molar refractivity (Wildman–Crippen MR) is 101 cm³/mol. The average Bonchev–Trinajstić information content (AvgIpc) is 2.84. The molecule has 2 rings (SSSR count). The van der Waals surface area contributed by atoms with E-state index in [9.17, 15) is 9.59 Å². The lowest BCUT2D eigenvalue weighted by molar-refractivity contribution is -0.154. The van der Waals surface area contributed by atoms with Crippen molar-refractivity contribution >= 4 is 55.8 Å². The summed E-state index contributed by atoms with van der Waals surface area (Å²) >= 11 is 3.63. The van der Waals surface area contributed by atoms with E-state index in [1.807, 2.05) is 39.0 Å². The summed E-state index contributed by atoms with van der Waals surface area (Å²) in [6, 6.07) is 5.81. The molecular weight excluding hydrogens is 427 g/mol. The smallest absolute Gasteiger partial charge is 0.306 e. The highest BCUT2D eigenvalue weighted by Gasteiger charge is 2.18. The zero-order valence-electron chi connectivity index (χ0n) is 13.6. The number of fused-ring (bicyclic) bond motifs is 1. The van der Waals surface area contributed by atoms with Gasteiger partial charge in [-0.25, -0.2) is 0 Å². The van der Waals surface area contributed by atoms with Crippen LogP contribution < -0.4 is 4.74 Å². The Balaban J connectivity index is 2.08. The van der Waals surface area contributed by atoms with Crippen molar-refractivity contribution in [1.29, 1.82) is 0 Å². The summed E-state index contributed by atoms with van der Waals surface area (Å²) < 4.78 is 12.5. The van der Waals surface area contributed by atoms with Gasteiger partial charge in [0.15, 0.2) is 5.78 Å². The first kappa shape index (κ1) is 18.2. The Morgan fingerprint density at radius 2 is 1.87 bits per heavy atom. The lowest BCUT2D eigenvalue weighted by atomic mass is 10.1. The van der Waals surface area contributed by atoms with Crippen LogP contribution in [-0.2, 0) is 9.53 Å². The van der Waals surface area contributed by atoms with Crippen molar-refractivity contribution in [3.8, 4) is 5.75 Å². The van der Waals surface area contributed by atoms with E-state index in [-0.39, 0.29) is 24.6 Å². The van der Waals surface area contributed by atoms with Crippen molar-refractivity contribution in [3.05, 3.63) is 26.6 Å². The summed E-state index contributed by atoms with van der Waals surface area (Å²) in [5.41, 5.74) is -0.523. The molecule has 0 N–H and O–H groups in total. The number of rotatable bonds is 5. The summed E-state index contributed by atoms with van der Waals surface area (Å²) in [7, 11) is 1.63. The number of esters is 1. The van der Waals surface area contributed by atoms with Gasteiger partial charge in [0.1, 0.15) is 11.4 Å². The minimum absolute atomic E-state index is 0.0361. The molecule has 0 aliphatic carbocycles. The summed E-state index contributed by atoms with van der Waals surface area (Å²) in [5.74, 6) is 0.418. The zero-order chi connectivity index (χ0) is 17.2. The fourth-order valence-corrected chi connectivity index (χ4v) is 3.82. The lowest BCUT2D eigenvalue weighted by Gasteiger charge is -2.19. The molecule has 1 aromatic carbocycles. The monoisotopic (exact) mass is 446 g/mol. The molecule has 1 heterocycles. The number of Topliss-reactive ketones (excluding diaryl/α,β-unsaturated/α-hetero) is 1. The number of hydrogen-bond acceptors (Lipinski definition) is 5. The standard InChI is InChI=1S/C17H19IO4S/c1-17(2,3)22-16(20)6-5-12(19)15-8-10-7-11(18)13(21-4)9-14(10)23-15/h7-9H,5-6H2,1-4H3. The van der Waals surface area contributed by atoms with Crippen molar-refractivity contribution in [3.63, 3.8) is 0 Å².